The van der Waals surface area contributed by atoms with E-state index in [4.69, 9.17) is 5.73 Å². The largest absolute Gasteiger partial charge is 0.368 e. The van der Waals surface area contributed by atoms with Gasteiger partial charge in [-0.25, -0.2) is 0 Å². The predicted octanol–water partition coefficient (Wildman–Crippen LogP) is -1.07. The molecule has 0 aliphatic carbocycles. The Bertz CT molecular complexity index is 240. The number of nitrogens with zero attached hydrogens (tertiary/aromatic N) is 1. The Morgan fingerprint density at radius 1 is 1.71 bits per heavy atom. The molecule has 3 N–H and O–H groups in total. The number of amides is 2. The van der Waals surface area contributed by atoms with Crippen LogP contribution in [-0.2, 0) is 9.59 Å². The van der Waals surface area contributed by atoms with Crippen molar-refractivity contribution in [2.24, 2.45) is 11.7 Å². The molecule has 0 aromatic carbocycles. The van der Waals surface area contributed by atoms with Crippen LogP contribution < -0.4 is 11.1 Å². The lowest BCUT2D eigenvalue weighted by molar-refractivity contribution is -0.140. The first-order valence-corrected chi connectivity index (χ1v) is 4.83. The van der Waals surface area contributed by atoms with E-state index >= 15 is 0 Å². The Morgan fingerprint density at radius 2 is 2.36 bits per heavy atom. The molecule has 0 spiro atoms. The van der Waals surface area contributed by atoms with Crippen LogP contribution in [0.2, 0.25) is 0 Å². The van der Waals surface area contributed by atoms with Crippen molar-refractivity contribution in [2.45, 2.75) is 19.9 Å². The van der Waals surface area contributed by atoms with Gasteiger partial charge in [-0.15, -0.1) is 0 Å². The van der Waals surface area contributed by atoms with Crippen molar-refractivity contribution in [3.8, 4) is 0 Å². The smallest absolute Gasteiger partial charge is 0.240 e. The highest BCUT2D eigenvalue weighted by Gasteiger charge is 2.30. The van der Waals surface area contributed by atoms with Crippen molar-refractivity contribution in [2.75, 3.05) is 19.6 Å². The minimum absolute atomic E-state index is 0.0231. The van der Waals surface area contributed by atoms with E-state index in [2.05, 4.69) is 5.32 Å². The molecule has 2 amide bonds. The summed E-state index contributed by atoms with van der Waals surface area (Å²) in [6.07, 6.45) is 0. The highest BCUT2D eigenvalue weighted by Crippen LogP contribution is 2.09. The molecule has 1 rings (SSSR count). The van der Waals surface area contributed by atoms with Crippen LogP contribution in [0, 0.1) is 5.92 Å². The molecule has 0 aromatic rings. The van der Waals surface area contributed by atoms with E-state index in [1.807, 2.05) is 13.8 Å². The molecule has 0 radical (unpaired) electrons. The lowest BCUT2D eigenvalue weighted by Gasteiger charge is -2.34. The van der Waals surface area contributed by atoms with Gasteiger partial charge in [-0.1, -0.05) is 13.8 Å². The predicted molar refractivity (Wildman–Crippen MR) is 52.4 cm³/mol. The van der Waals surface area contributed by atoms with E-state index in [1.54, 1.807) is 0 Å². The van der Waals surface area contributed by atoms with Crippen molar-refractivity contribution in [3.63, 3.8) is 0 Å². The van der Waals surface area contributed by atoms with E-state index in [0.717, 1.165) is 6.54 Å². The summed E-state index contributed by atoms with van der Waals surface area (Å²) in [5.41, 5.74) is 5.05. The summed E-state index contributed by atoms with van der Waals surface area (Å²) in [5, 5.41) is 3.13. The zero-order chi connectivity index (χ0) is 10.7. The highest BCUT2D eigenvalue weighted by molar-refractivity contribution is 5.87. The van der Waals surface area contributed by atoms with Crippen LogP contribution in [-0.4, -0.2) is 42.4 Å². The molecule has 0 unspecified atom stereocenters. The van der Waals surface area contributed by atoms with Gasteiger partial charge in [-0.2, -0.15) is 0 Å². The van der Waals surface area contributed by atoms with Gasteiger partial charge in [-0.3, -0.25) is 9.59 Å². The number of rotatable bonds is 3. The fourth-order valence-electron chi connectivity index (χ4n) is 1.62. The molecule has 1 atom stereocenters. The van der Waals surface area contributed by atoms with Gasteiger partial charge in [0, 0.05) is 13.1 Å². The van der Waals surface area contributed by atoms with Gasteiger partial charge in [0.15, 0.2) is 0 Å². The van der Waals surface area contributed by atoms with Crippen molar-refractivity contribution in [1.82, 2.24) is 10.2 Å². The molecule has 5 nitrogen and oxygen atoms in total. The van der Waals surface area contributed by atoms with Crippen LogP contribution in [0.15, 0.2) is 0 Å². The lowest BCUT2D eigenvalue weighted by atomic mass is 10.0. The van der Waals surface area contributed by atoms with E-state index in [1.165, 1.54) is 4.90 Å². The van der Waals surface area contributed by atoms with Crippen molar-refractivity contribution < 1.29 is 9.59 Å². The Morgan fingerprint density at radius 3 is 2.86 bits per heavy atom. The number of hydrogen-bond acceptors (Lipinski definition) is 3. The molecule has 0 aromatic heterocycles. The number of nitrogens with one attached hydrogen (secondary N) is 1. The standard InChI is InChI=1S/C9H17N3O2/c1-6(2)8-9(14)12(4-3-11-8)5-7(10)13/h6,8,11H,3-5H2,1-2H3,(H2,10,13)/t8-/m1/s1. The molecule has 1 aliphatic heterocycles. The summed E-state index contributed by atoms with van der Waals surface area (Å²) >= 11 is 0. The second-order valence-corrected chi connectivity index (χ2v) is 3.90. The SMILES string of the molecule is CC(C)[C@H]1NCCN(CC(N)=O)C1=O. The fourth-order valence-corrected chi connectivity index (χ4v) is 1.62. The molecular formula is C9H17N3O2. The van der Waals surface area contributed by atoms with E-state index < -0.39 is 5.91 Å². The first kappa shape index (κ1) is 11.0. The third-order valence-electron chi connectivity index (χ3n) is 2.34. The quantitative estimate of drug-likeness (QED) is 0.607. The summed E-state index contributed by atoms with van der Waals surface area (Å²) < 4.78 is 0. The van der Waals surface area contributed by atoms with Crippen LogP contribution in [0.5, 0.6) is 0 Å². The average Bonchev–Trinajstić information content (AvgIpc) is 2.07. The number of hydrogen-bond donors (Lipinski definition) is 2. The maximum Gasteiger partial charge on any atom is 0.240 e. The molecule has 5 heteroatoms. The van der Waals surface area contributed by atoms with E-state index in [0.29, 0.717) is 6.54 Å². The van der Waals surface area contributed by atoms with Gasteiger partial charge in [0.2, 0.25) is 11.8 Å². The lowest BCUT2D eigenvalue weighted by Crippen LogP contribution is -2.58. The molecule has 1 saturated heterocycles. The molecule has 1 heterocycles. The number of primary amides is 1. The zero-order valence-corrected chi connectivity index (χ0v) is 8.62. The van der Waals surface area contributed by atoms with Gasteiger partial charge in [0.25, 0.3) is 0 Å². The Labute approximate surface area is 83.6 Å². The van der Waals surface area contributed by atoms with E-state index in [9.17, 15) is 9.59 Å². The van der Waals surface area contributed by atoms with Crippen LogP contribution in [0.1, 0.15) is 13.8 Å². The highest BCUT2D eigenvalue weighted by atomic mass is 16.2. The fraction of sp³-hybridized carbons (Fsp3) is 0.778. The second-order valence-electron chi connectivity index (χ2n) is 3.90. The maximum absolute atomic E-state index is 11.8. The summed E-state index contributed by atoms with van der Waals surface area (Å²) in [7, 11) is 0. The first-order valence-electron chi connectivity index (χ1n) is 4.83. The van der Waals surface area contributed by atoms with Crippen LogP contribution in [0.3, 0.4) is 0 Å². The van der Waals surface area contributed by atoms with Gasteiger partial charge >= 0.3 is 0 Å². The summed E-state index contributed by atoms with van der Waals surface area (Å²) in [5.74, 6) is -0.244. The van der Waals surface area contributed by atoms with Crippen LogP contribution >= 0.6 is 0 Å². The Hall–Kier alpha value is -1.10. The Balaban J connectivity index is 2.61. The first-order chi connectivity index (χ1) is 6.52. The topological polar surface area (TPSA) is 75.4 Å². The monoisotopic (exact) mass is 199 g/mol. The van der Waals surface area contributed by atoms with Gasteiger partial charge in [0.1, 0.15) is 0 Å². The minimum atomic E-state index is -0.456. The number of nitrogens with two attached hydrogens (primary N) is 1. The molecule has 0 bridgehead atoms. The molecule has 14 heavy (non-hydrogen) atoms. The van der Waals surface area contributed by atoms with Gasteiger partial charge in [-0.05, 0) is 5.92 Å². The van der Waals surface area contributed by atoms with Crippen LogP contribution in [0.25, 0.3) is 0 Å². The zero-order valence-electron chi connectivity index (χ0n) is 8.62. The number of carbonyl (C=O) groups excluding carboxylic acids is 2. The van der Waals surface area contributed by atoms with Crippen molar-refractivity contribution >= 4 is 11.8 Å². The summed E-state index contributed by atoms with van der Waals surface area (Å²) in [4.78, 5) is 24.0. The van der Waals surface area contributed by atoms with Crippen LogP contribution in [0.4, 0.5) is 0 Å². The summed E-state index contributed by atoms with van der Waals surface area (Å²) in [6, 6.07) is -0.178. The average molecular weight is 199 g/mol. The third kappa shape index (κ3) is 2.45. The van der Waals surface area contributed by atoms with Crippen molar-refractivity contribution in [1.29, 1.82) is 0 Å². The molecule has 0 saturated carbocycles. The number of carbonyl (C=O) groups is 2. The summed E-state index contributed by atoms with van der Waals surface area (Å²) in [6.45, 7) is 5.27. The van der Waals surface area contributed by atoms with E-state index in [-0.39, 0.29) is 24.4 Å². The van der Waals surface area contributed by atoms with Gasteiger partial charge < -0.3 is 16.0 Å². The second kappa shape index (κ2) is 4.41. The maximum atomic E-state index is 11.8. The van der Waals surface area contributed by atoms with Crippen molar-refractivity contribution in [3.05, 3.63) is 0 Å². The third-order valence-corrected chi connectivity index (χ3v) is 2.34. The number of piperazine rings is 1. The molecule has 1 aliphatic rings. The minimum Gasteiger partial charge on any atom is -0.368 e. The molecule has 80 valence electrons. The Kier molecular flexibility index (Phi) is 3.46. The molecule has 1 fully saturated rings. The van der Waals surface area contributed by atoms with Gasteiger partial charge in [0.05, 0.1) is 12.6 Å². The normalized spacial score (nSPS) is 22.9. The molecular weight excluding hydrogens is 182 g/mol.